The standard InChI is InChI=1S/C17H21FN2O3/c18-14-3-1-2-4-15(14)23-10-17(22)20-19-16(21)9-13-8-11-5-6-12(13)7-11/h1-4,11-13H,5-10H2,(H,19,21)(H,20,22)/t11-,12-,13-/m1/s1. The van der Waals surface area contributed by atoms with Crippen molar-refractivity contribution in [3.63, 3.8) is 0 Å². The van der Waals surface area contributed by atoms with E-state index in [-0.39, 0.29) is 18.3 Å². The Balaban J connectivity index is 1.35. The monoisotopic (exact) mass is 320 g/mol. The van der Waals surface area contributed by atoms with E-state index in [0.717, 1.165) is 12.3 Å². The van der Waals surface area contributed by atoms with E-state index in [1.54, 1.807) is 6.07 Å². The summed E-state index contributed by atoms with van der Waals surface area (Å²) in [5.41, 5.74) is 4.71. The Bertz CT molecular complexity index is 593. The summed E-state index contributed by atoms with van der Waals surface area (Å²) in [6.45, 7) is -0.352. The Morgan fingerprint density at radius 3 is 2.61 bits per heavy atom. The van der Waals surface area contributed by atoms with Gasteiger partial charge in [-0.15, -0.1) is 0 Å². The van der Waals surface area contributed by atoms with Crippen molar-refractivity contribution in [3.8, 4) is 5.75 Å². The molecule has 2 aliphatic rings. The first kappa shape index (κ1) is 15.8. The van der Waals surface area contributed by atoms with E-state index in [0.29, 0.717) is 18.3 Å². The highest BCUT2D eigenvalue weighted by Crippen LogP contribution is 2.49. The van der Waals surface area contributed by atoms with Crippen molar-refractivity contribution in [2.45, 2.75) is 32.1 Å². The van der Waals surface area contributed by atoms with Gasteiger partial charge in [0.1, 0.15) is 0 Å². The van der Waals surface area contributed by atoms with Crippen LogP contribution in [0.1, 0.15) is 32.1 Å². The molecule has 5 nitrogen and oxygen atoms in total. The van der Waals surface area contributed by atoms with Crippen LogP contribution in [0, 0.1) is 23.6 Å². The summed E-state index contributed by atoms with van der Waals surface area (Å²) in [6.07, 6.45) is 5.36. The van der Waals surface area contributed by atoms with Gasteiger partial charge < -0.3 is 4.74 Å². The third-order valence-electron chi connectivity index (χ3n) is 4.87. The molecule has 2 saturated carbocycles. The zero-order valence-electron chi connectivity index (χ0n) is 12.9. The number of ether oxygens (including phenoxy) is 1. The maximum atomic E-state index is 13.3. The molecule has 0 radical (unpaired) electrons. The molecule has 3 rings (SSSR count). The van der Waals surface area contributed by atoms with E-state index in [4.69, 9.17) is 4.74 Å². The third-order valence-corrected chi connectivity index (χ3v) is 4.87. The fourth-order valence-electron chi connectivity index (χ4n) is 3.80. The normalized spacial score (nSPS) is 25.2. The van der Waals surface area contributed by atoms with Gasteiger partial charge in [0, 0.05) is 6.42 Å². The van der Waals surface area contributed by atoms with Gasteiger partial charge in [0.05, 0.1) is 0 Å². The summed E-state index contributed by atoms with van der Waals surface area (Å²) >= 11 is 0. The average Bonchev–Trinajstić information content (AvgIpc) is 3.15. The lowest BCUT2D eigenvalue weighted by atomic mass is 9.86. The third kappa shape index (κ3) is 4.00. The van der Waals surface area contributed by atoms with Gasteiger partial charge in [-0.25, -0.2) is 4.39 Å². The van der Waals surface area contributed by atoms with Gasteiger partial charge in [-0.05, 0) is 49.1 Å². The summed E-state index contributed by atoms with van der Waals surface area (Å²) in [6, 6.07) is 5.85. The van der Waals surface area contributed by atoms with Gasteiger partial charge in [-0.1, -0.05) is 18.6 Å². The Kier molecular flexibility index (Phi) is 4.79. The second-order valence-corrected chi connectivity index (χ2v) is 6.45. The summed E-state index contributed by atoms with van der Waals surface area (Å²) < 4.78 is 18.4. The molecule has 0 aliphatic heterocycles. The van der Waals surface area contributed by atoms with Crippen LogP contribution in [0.5, 0.6) is 5.75 Å². The van der Waals surface area contributed by atoms with Crippen LogP contribution in [0.15, 0.2) is 24.3 Å². The van der Waals surface area contributed by atoms with Gasteiger partial charge in [-0.2, -0.15) is 0 Å². The number of halogens is 1. The van der Waals surface area contributed by atoms with Crippen LogP contribution in [-0.4, -0.2) is 18.4 Å². The van der Waals surface area contributed by atoms with Crippen molar-refractivity contribution >= 4 is 11.8 Å². The minimum Gasteiger partial charge on any atom is -0.481 e. The van der Waals surface area contributed by atoms with Crippen LogP contribution in [0.3, 0.4) is 0 Å². The molecule has 0 aromatic heterocycles. The van der Waals surface area contributed by atoms with E-state index in [1.165, 1.54) is 37.5 Å². The van der Waals surface area contributed by atoms with Crippen molar-refractivity contribution in [2.24, 2.45) is 17.8 Å². The van der Waals surface area contributed by atoms with Gasteiger partial charge in [-0.3, -0.25) is 20.4 Å². The molecule has 1 aromatic rings. The zero-order valence-corrected chi connectivity index (χ0v) is 12.9. The predicted octanol–water partition coefficient (Wildman–Crippen LogP) is 2.18. The number of amides is 2. The largest absolute Gasteiger partial charge is 0.481 e. The molecular formula is C17H21FN2O3. The summed E-state index contributed by atoms with van der Waals surface area (Å²) in [5, 5.41) is 0. The number of hydrogen-bond acceptors (Lipinski definition) is 3. The maximum Gasteiger partial charge on any atom is 0.276 e. The molecule has 0 saturated heterocycles. The minimum atomic E-state index is -0.527. The van der Waals surface area contributed by atoms with Gasteiger partial charge in [0.25, 0.3) is 5.91 Å². The molecule has 2 bridgehead atoms. The quantitative estimate of drug-likeness (QED) is 0.817. The molecular weight excluding hydrogens is 299 g/mol. The highest BCUT2D eigenvalue weighted by Gasteiger charge is 2.40. The smallest absolute Gasteiger partial charge is 0.276 e. The van der Waals surface area contributed by atoms with E-state index in [1.807, 2.05) is 0 Å². The van der Waals surface area contributed by atoms with Crippen LogP contribution in [-0.2, 0) is 9.59 Å². The first-order valence-electron chi connectivity index (χ1n) is 8.07. The van der Waals surface area contributed by atoms with E-state index in [2.05, 4.69) is 10.9 Å². The molecule has 124 valence electrons. The molecule has 0 spiro atoms. The molecule has 0 heterocycles. The minimum absolute atomic E-state index is 0.0101. The number of nitrogens with one attached hydrogen (secondary N) is 2. The Morgan fingerprint density at radius 1 is 1.13 bits per heavy atom. The lowest BCUT2D eigenvalue weighted by molar-refractivity contribution is -0.130. The maximum absolute atomic E-state index is 13.3. The van der Waals surface area contributed by atoms with Crippen molar-refractivity contribution < 1.29 is 18.7 Å². The molecule has 6 heteroatoms. The first-order chi connectivity index (χ1) is 11.1. The number of hydrazine groups is 1. The number of carbonyl (C=O) groups is 2. The van der Waals surface area contributed by atoms with Crippen molar-refractivity contribution in [3.05, 3.63) is 30.1 Å². The highest BCUT2D eigenvalue weighted by molar-refractivity contribution is 5.82. The average molecular weight is 320 g/mol. The molecule has 0 unspecified atom stereocenters. The van der Waals surface area contributed by atoms with Crippen LogP contribution < -0.4 is 15.6 Å². The Labute approximate surface area is 134 Å². The van der Waals surface area contributed by atoms with Gasteiger partial charge in [0.15, 0.2) is 18.2 Å². The molecule has 2 amide bonds. The number of carbonyl (C=O) groups excluding carboxylic acids is 2. The van der Waals surface area contributed by atoms with E-state index < -0.39 is 11.7 Å². The molecule has 2 N–H and O–H groups in total. The number of benzene rings is 1. The van der Waals surface area contributed by atoms with E-state index in [9.17, 15) is 14.0 Å². The Hall–Kier alpha value is -2.11. The van der Waals surface area contributed by atoms with Crippen LogP contribution in [0.2, 0.25) is 0 Å². The van der Waals surface area contributed by atoms with Crippen LogP contribution >= 0.6 is 0 Å². The zero-order chi connectivity index (χ0) is 16.2. The summed E-state index contributed by atoms with van der Waals surface area (Å²) in [5.74, 6) is 0.695. The van der Waals surface area contributed by atoms with Crippen molar-refractivity contribution in [1.82, 2.24) is 10.9 Å². The molecule has 1 aromatic carbocycles. The lowest BCUT2D eigenvalue weighted by Crippen LogP contribution is -2.44. The van der Waals surface area contributed by atoms with E-state index >= 15 is 0 Å². The molecule has 2 aliphatic carbocycles. The molecule has 23 heavy (non-hydrogen) atoms. The predicted molar refractivity (Wildman–Crippen MR) is 81.7 cm³/mol. The Morgan fingerprint density at radius 2 is 1.91 bits per heavy atom. The summed E-state index contributed by atoms with van der Waals surface area (Å²) in [7, 11) is 0. The van der Waals surface area contributed by atoms with Crippen LogP contribution in [0.4, 0.5) is 4.39 Å². The first-order valence-corrected chi connectivity index (χ1v) is 8.07. The highest BCUT2D eigenvalue weighted by atomic mass is 19.1. The van der Waals surface area contributed by atoms with Crippen LogP contribution in [0.25, 0.3) is 0 Å². The molecule has 3 atom stereocenters. The number of fused-ring (bicyclic) bond motifs is 2. The number of para-hydroxylation sites is 1. The van der Waals surface area contributed by atoms with Crippen molar-refractivity contribution in [2.75, 3.05) is 6.61 Å². The summed E-state index contributed by atoms with van der Waals surface area (Å²) in [4.78, 5) is 23.5. The lowest BCUT2D eigenvalue weighted by Gasteiger charge is -2.20. The van der Waals surface area contributed by atoms with Gasteiger partial charge >= 0.3 is 0 Å². The second kappa shape index (κ2) is 6.98. The fraction of sp³-hybridized carbons (Fsp3) is 0.529. The van der Waals surface area contributed by atoms with Crippen molar-refractivity contribution in [1.29, 1.82) is 0 Å². The topological polar surface area (TPSA) is 67.4 Å². The second-order valence-electron chi connectivity index (χ2n) is 6.45. The van der Waals surface area contributed by atoms with Gasteiger partial charge in [0.2, 0.25) is 5.91 Å². The fourth-order valence-corrected chi connectivity index (χ4v) is 3.80. The number of rotatable bonds is 5. The molecule has 2 fully saturated rings. The number of hydrogen-bond donors (Lipinski definition) is 2. The SMILES string of the molecule is O=C(COc1ccccc1F)NNC(=O)C[C@H]1C[C@@H]2CC[C@@H]1C2.